The summed E-state index contributed by atoms with van der Waals surface area (Å²) in [5.41, 5.74) is 1.17. The van der Waals surface area contributed by atoms with Crippen molar-refractivity contribution in [1.29, 1.82) is 0 Å². The van der Waals surface area contributed by atoms with Crippen LogP contribution in [-0.2, 0) is 0 Å². The first-order valence-electron chi connectivity index (χ1n) is 6.28. The van der Waals surface area contributed by atoms with E-state index < -0.39 is 0 Å². The van der Waals surface area contributed by atoms with Gasteiger partial charge in [0.2, 0.25) is 0 Å². The van der Waals surface area contributed by atoms with Gasteiger partial charge in [0, 0.05) is 29.7 Å². The number of nitrogens with one attached hydrogen (secondary N) is 1. The molecule has 1 heterocycles. The third-order valence-corrected chi connectivity index (χ3v) is 3.66. The minimum atomic E-state index is 0.0971. The molecule has 4 heteroatoms. The Morgan fingerprint density at radius 3 is 2.83 bits per heavy atom. The summed E-state index contributed by atoms with van der Waals surface area (Å²) in [6.45, 7) is 8.53. The predicted molar refractivity (Wildman–Crippen MR) is 76.9 cm³/mol. The van der Waals surface area contributed by atoms with Crippen molar-refractivity contribution in [2.45, 2.75) is 32.4 Å². The van der Waals surface area contributed by atoms with E-state index in [1.54, 1.807) is 7.11 Å². The van der Waals surface area contributed by atoms with Gasteiger partial charge >= 0.3 is 0 Å². The molecule has 2 rings (SSSR count). The molecular weight excluding hydrogens is 248 g/mol. The van der Waals surface area contributed by atoms with Crippen LogP contribution in [0.2, 0.25) is 5.02 Å². The zero-order valence-corrected chi connectivity index (χ0v) is 12.2. The Hall–Kier alpha value is -0.930. The minimum absolute atomic E-state index is 0.0971. The molecule has 0 bridgehead atoms. The number of benzene rings is 1. The molecule has 0 spiro atoms. The molecule has 1 aliphatic rings. The fourth-order valence-electron chi connectivity index (χ4n) is 2.38. The Balaban J connectivity index is 2.36. The van der Waals surface area contributed by atoms with Gasteiger partial charge in [-0.05, 0) is 39.0 Å². The van der Waals surface area contributed by atoms with E-state index in [0.717, 1.165) is 29.5 Å². The van der Waals surface area contributed by atoms with E-state index in [2.05, 4.69) is 31.0 Å². The normalized spacial score (nSPS) is 22.9. The third kappa shape index (κ3) is 2.73. The summed E-state index contributed by atoms with van der Waals surface area (Å²) in [5.74, 6) is 0.879. The standard InChI is InChI=1S/C14H21ClN2O/c1-10-8-16-14(2,3)9-17(10)12-7-11(15)5-6-13(12)18-4/h5-7,10,16H,8-9H2,1-4H3. The largest absolute Gasteiger partial charge is 0.495 e. The predicted octanol–water partition coefficient (Wildman–Crippen LogP) is 2.93. The van der Waals surface area contributed by atoms with Crippen molar-refractivity contribution < 1.29 is 4.74 Å². The van der Waals surface area contributed by atoms with Crippen LogP contribution in [0, 0.1) is 0 Å². The van der Waals surface area contributed by atoms with Crippen molar-refractivity contribution in [3.63, 3.8) is 0 Å². The fraction of sp³-hybridized carbons (Fsp3) is 0.571. The van der Waals surface area contributed by atoms with Crippen LogP contribution >= 0.6 is 11.6 Å². The first-order valence-corrected chi connectivity index (χ1v) is 6.66. The Kier molecular flexibility index (Phi) is 3.74. The number of anilines is 1. The van der Waals surface area contributed by atoms with Crippen molar-refractivity contribution in [2.75, 3.05) is 25.1 Å². The minimum Gasteiger partial charge on any atom is -0.495 e. The lowest BCUT2D eigenvalue weighted by Gasteiger charge is -2.45. The molecule has 1 N–H and O–H groups in total. The topological polar surface area (TPSA) is 24.5 Å². The Morgan fingerprint density at radius 2 is 2.17 bits per heavy atom. The number of hydrogen-bond donors (Lipinski definition) is 1. The van der Waals surface area contributed by atoms with E-state index >= 15 is 0 Å². The van der Waals surface area contributed by atoms with Crippen LogP contribution in [0.4, 0.5) is 5.69 Å². The van der Waals surface area contributed by atoms with E-state index in [-0.39, 0.29) is 5.54 Å². The maximum Gasteiger partial charge on any atom is 0.142 e. The molecular formula is C14H21ClN2O. The summed E-state index contributed by atoms with van der Waals surface area (Å²) in [5, 5.41) is 4.29. The second-order valence-corrected chi connectivity index (χ2v) is 5.99. The average molecular weight is 269 g/mol. The summed E-state index contributed by atoms with van der Waals surface area (Å²) < 4.78 is 5.45. The number of nitrogens with zero attached hydrogens (tertiary/aromatic N) is 1. The lowest BCUT2D eigenvalue weighted by Crippen LogP contribution is -2.61. The summed E-state index contributed by atoms with van der Waals surface area (Å²) in [7, 11) is 1.70. The molecule has 1 aliphatic heterocycles. The summed E-state index contributed by atoms with van der Waals surface area (Å²) in [4.78, 5) is 2.36. The Labute approximate surface area is 114 Å². The van der Waals surface area contributed by atoms with Crippen molar-refractivity contribution in [3.05, 3.63) is 23.2 Å². The zero-order chi connectivity index (χ0) is 13.3. The molecule has 1 fully saturated rings. The molecule has 1 atom stereocenters. The van der Waals surface area contributed by atoms with Gasteiger partial charge < -0.3 is 15.0 Å². The van der Waals surface area contributed by atoms with E-state index in [1.165, 1.54) is 0 Å². The van der Waals surface area contributed by atoms with Gasteiger partial charge in [0.1, 0.15) is 5.75 Å². The van der Waals surface area contributed by atoms with Gasteiger partial charge in [-0.1, -0.05) is 11.6 Å². The van der Waals surface area contributed by atoms with Gasteiger partial charge in [-0.15, -0.1) is 0 Å². The van der Waals surface area contributed by atoms with Crippen molar-refractivity contribution in [3.8, 4) is 5.75 Å². The lowest BCUT2D eigenvalue weighted by molar-refractivity contribution is 0.315. The van der Waals surface area contributed by atoms with Crippen molar-refractivity contribution >= 4 is 17.3 Å². The van der Waals surface area contributed by atoms with Crippen molar-refractivity contribution in [1.82, 2.24) is 5.32 Å². The molecule has 0 radical (unpaired) electrons. The number of ether oxygens (including phenoxy) is 1. The number of rotatable bonds is 2. The van der Waals surface area contributed by atoms with Gasteiger partial charge in [0.25, 0.3) is 0 Å². The molecule has 18 heavy (non-hydrogen) atoms. The molecule has 1 saturated heterocycles. The highest BCUT2D eigenvalue weighted by Gasteiger charge is 2.31. The second-order valence-electron chi connectivity index (χ2n) is 5.56. The molecule has 1 aromatic rings. The Morgan fingerprint density at radius 1 is 1.44 bits per heavy atom. The molecule has 1 unspecified atom stereocenters. The van der Waals surface area contributed by atoms with Crippen LogP contribution in [0.15, 0.2) is 18.2 Å². The van der Waals surface area contributed by atoms with E-state index in [1.807, 2.05) is 18.2 Å². The monoisotopic (exact) mass is 268 g/mol. The van der Waals surface area contributed by atoms with Crippen LogP contribution in [0.1, 0.15) is 20.8 Å². The molecule has 1 aromatic carbocycles. The SMILES string of the molecule is COc1ccc(Cl)cc1N1CC(C)(C)NCC1C. The molecule has 0 amide bonds. The van der Waals surface area contributed by atoms with Crippen LogP contribution in [0.25, 0.3) is 0 Å². The third-order valence-electron chi connectivity index (χ3n) is 3.42. The van der Waals surface area contributed by atoms with Crippen LogP contribution < -0.4 is 15.0 Å². The van der Waals surface area contributed by atoms with E-state index in [9.17, 15) is 0 Å². The smallest absolute Gasteiger partial charge is 0.142 e. The summed E-state index contributed by atoms with van der Waals surface area (Å²) in [6.07, 6.45) is 0. The van der Waals surface area contributed by atoms with Crippen LogP contribution in [-0.4, -0.2) is 31.8 Å². The summed E-state index contributed by atoms with van der Waals surface area (Å²) in [6, 6.07) is 6.20. The Bertz CT molecular complexity index is 434. The second kappa shape index (κ2) is 4.98. The highest BCUT2D eigenvalue weighted by molar-refractivity contribution is 6.30. The number of hydrogen-bond acceptors (Lipinski definition) is 3. The fourth-order valence-corrected chi connectivity index (χ4v) is 2.55. The maximum atomic E-state index is 6.11. The van der Waals surface area contributed by atoms with Crippen LogP contribution in [0.3, 0.4) is 0 Å². The van der Waals surface area contributed by atoms with Crippen LogP contribution in [0.5, 0.6) is 5.75 Å². The number of methoxy groups -OCH3 is 1. The van der Waals surface area contributed by atoms with Gasteiger partial charge in [-0.25, -0.2) is 0 Å². The highest BCUT2D eigenvalue weighted by atomic mass is 35.5. The van der Waals surface area contributed by atoms with Gasteiger partial charge in [-0.2, -0.15) is 0 Å². The van der Waals surface area contributed by atoms with Gasteiger partial charge in [0.05, 0.1) is 12.8 Å². The number of halogens is 1. The highest BCUT2D eigenvalue weighted by Crippen LogP contribution is 2.34. The molecule has 0 saturated carbocycles. The molecule has 0 aliphatic carbocycles. The first-order chi connectivity index (χ1) is 8.43. The zero-order valence-electron chi connectivity index (χ0n) is 11.5. The van der Waals surface area contributed by atoms with E-state index in [0.29, 0.717) is 6.04 Å². The molecule has 3 nitrogen and oxygen atoms in total. The van der Waals surface area contributed by atoms with Gasteiger partial charge in [-0.3, -0.25) is 0 Å². The first kappa shape index (κ1) is 13.5. The summed E-state index contributed by atoms with van der Waals surface area (Å²) >= 11 is 6.11. The van der Waals surface area contributed by atoms with E-state index in [4.69, 9.17) is 16.3 Å². The maximum absolute atomic E-state index is 6.11. The molecule has 0 aromatic heterocycles. The van der Waals surface area contributed by atoms with Crippen molar-refractivity contribution in [2.24, 2.45) is 0 Å². The van der Waals surface area contributed by atoms with Gasteiger partial charge in [0.15, 0.2) is 0 Å². The molecule has 100 valence electrons. The lowest BCUT2D eigenvalue weighted by atomic mass is 9.98. The quantitative estimate of drug-likeness (QED) is 0.893. The average Bonchev–Trinajstić information content (AvgIpc) is 2.32. The number of piperazine rings is 1.